The number of aliphatic hydroxyl groups is 1. The van der Waals surface area contributed by atoms with Crippen LogP contribution in [0.3, 0.4) is 0 Å². The van der Waals surface area contributed by atoms with Crippen molar-refractivity contribution in [3.05, 3.63) is 40.1 Å². The number of aromatic nitrogens is 3. The molecule has 0 bridgehead atoms. The lowest BCUT2D eigenvalue weighted by Crippen LogP contribution is -1.99. The number of imidazole rings is 1. The van der Waals surface area contributed by atoms with Crippen molar-refractivity contribution >= 4 is 27.6 Å². The van der Waals surface area contributed by atoms with Gasteiger partial charge < -0.3 is 5.11 Å². The van der Waals surface area contributed by atoms with E-state index in [0.717, 1.165) is 15.5 Å². The molecule has 16 heavy (non-hydrogen) atoms. The van der Waals surface area contributed by atoms with E-state index in [0.29, 0.717) is 6.42 Å². The first-order chi connectivity index (χ1) is 7.83. The molecule has 0 spiro atoms. The zero-order valence-corrected chi connectivity index (χ0v) is 9.91. The molecule has 0 aliphatic rings. The molecule has 0 aliphatic heterocycles. The van der Waals surface area contributed by atoms with Gasteiger partial charge in [0, 0.05) is 30.4 Å². The first-order valence-electron chi connectivity index (χ1n) is 4.80. The summed E-state index contributed by atoms with van der Waals surface area (Å²) in [5.41, 5.74) is 2.64. The molecule has 6 heteroatoms. The molecule has 0 aliphatic carbocycles. The number of thiazole rings is 2. The van der Waals surface area contributed by atoms with Crippen LogP contribution in [0, 0.1) is 0 Å². The lowest BCUT2D eigenvalue weighted by molar-refractivity contribution is 0.181. The number of aliphatic hydroxyl groups excluding tert-OH is 1. The van der Waals surface area contributed by atoms with Gasteiger partial charge in [0.2, 0.25) is 0 Å². The van der Waals surface area contributed by atoms with Crippen molar-refractivity contribution in [2.75, 3.05) is 0 Å². The van der Waals surface area contributed by atoms with Crippen molar-refractivity contribution in [3.63, 3.8) is 0 Å². The number of fused-ring (bicyclic) bond motifs is 1. The minimum absolute atomic E-state index is 0.503. The predicted molar refractivity (Wildman–Crippen MR) is 63.8 cm³/mol. The third-order valence-electron chi connectivity index (χ3n) is 2.33. The van der Waals surface area contributed by atoms with E-state index in [4.69, 9.17) is 0 Å². The first kappa shape index (κ1) is 9.95. The minimum atomic E-state index is -0.503. The molecule has 0 saturated carbocycles. The van der Waals surface area contributed by atoms with Gasteiger partial charge in [-0.3, -0.25) is 9.38 Å². The molecule has 1 atom stereocenters. The maximum Gasteiger partial charge on any atom is 0.193 e. The SMILES string of the molecule is OC(Cc1cn2ccsc2n1)c1cncs1. The number of hydrogen-bond acceptors (Lipinski definition) is 5. The summed E-state index contributed by atoms with van der Waals surface area (Å²) in [7, 11) is 0. The zero-order valence-electron chi connectivity index (χ0n) is 8.28. The van der Waals surface area contributed by atoms with Crippen molar-refractivity contribution in [3.8, 4) is 0 Å². The normalized spacial score (nSPS) is 13.3. The van der Waals surface area contributed by atoms with Gasteiger partial charge in [-0.15, -0.1) is 22.7 Å². The smallest absolute Gasteiger partial charge is 0.193 e. The Morgan fingerprint density at radius 2 is 2.38 bits per heavy atom. The van der Waals surface area contributed by atoms with Crippen LogP contribution >= 0.6 is 22.7 Å². The van der Waals surface area contributed by atoms with Gasteiger partial charge in [-0.1, -0.05) is 0 Å². The van der Waals surface area contributed by atoms with Crippen molar-refractivity contribution in [1.29, 1.82) is 0 Å². The topological polar surface area (TPSA) is 50.4 Å². The Balaban J connectivity index is 1.82. The lowest BCUT2D eigenvalue weighted by Gasteiger charge is -2.04. The first-order valence-corrected chi connectivity index (χ1v) is 6.56. The molecule has 82 valence electrons. The molecule has 3 aromatic rings. The fourth-order valence-electron chi connectivity index (χ4n) is 1.56. The molecule has 0 amide bonds. The summed E-state index contributed by atoms with van der Waals surface area (Å²) in [5.74, 6) is 0. The van der Waals surface area contributed by atoms with Crippen molar-refractivity contribution in [1.82, 2.24) is 14.4 Å². The minimum Gasteiger partial charge on any atom is -0.387 e. The molecule has 1 N–H and O–H groups in total. The molecule has 0 aromatic carbocycles. The standard InChI is InChI=1S/C10H9N3OS2/c14-8(9-4-11-6-16-9)3-7-5-13-1-2-15-10(13)12-7/h1-2,4-6,8,14H,3H2. The van der Waals surface area contributed by atoms with Crippen LogP contribution in [0.1, 0.15) is 16.7 Å². The molecule has 1 unspecified atom stereocenters. The van der Waals surface area contributed by atoms with Crippen LogP contribution in [-0.2, 0) is 6.42 Å². The maximum absolute atomic E-state index is 9.95. The monoisotopic (exact) mass is 251 g/mol. The second-order valence-corrected chi connectivity index (χ2v) is 5.24. The van der Waals surface area contributed by atoms with Crippen molar-refractivity contribution in [2.24, 2.45) is 0 Å². The van der Waals surface area contributed by atoms with Gasteiger partial charge in [-0.25, -0.2) is 4.98 Å². The van der Waals surface area contributed by atoms with E-state index in [1.54, 1.807) is 23.0 Å². The lowest BCUT2D eigenvalue weighted by atomic mass is 10.2. The van der Waals surface area contributed by atoms with Gasteiger partial charge in [-0.2, -0.15) is 0 Å². The van der Waals surface area contributed by atoms with Crippen LogP contribution < -0.4 is 0 Å². The Kier molecular flexibility index (Phi) is 2.47. The maximum atomic E-state index is 9.95. The molecular formula is C10H9N3OS2. The summed E-state index contributed by atoms with van der Waals surface area (Å²) in [6.07, 6.45) is 5.66. The highest BCUT2D eigenvalue weighted by Crippen LogP contribution is 2.22. The summed E-state index contributed by atoms with van der Waals surface area (Å²) >= 11 is 3.06. The van der Waals surface area contributed by atoms with Crippen LogP contribution in [0.4, 0.5) is 0 Å². The Morgan fingerprint density at radius 1 is 1.44 bits per heavy atom. The van der Waals surface area contributed by atoms with E-state index in [9.17, 15) is 5.11 Å². The summed E-state index contributed by atoms with van der Waals surface area (Å²) in [6.45, 7) is 0. The third-order valence-corrected chi connectivity index (χ3v) is 3.97. The molecule has 0 radical (unpaired) electrons. The number of nitrogens with zero attached hydrogens (tertiary/aromatic N) is 3. The van der Waals surface area contributed by atoms with Crippen LogP contribution in [0.2, 0.25) is 0 Å². The van der Waals surface area contributed by atoms with Gasteiger partial charge in [0.1, 0.15) is 0 Å². The average Bonchev–Trinajstić information content (AvgIpc) is 2.91. The van der Waals surface area contributed by atoms with Crippen molar-refractivity contribution < 1.29 is 5.11 Å². The largest absolute Gasteiger partial charge is 0.387 e. The highest BCUT2D eigenvalue weighted by molar-refractivity contribution is 7.15. The summed E-state index contributed by atoms with van der Waals surface area (Å²) in [5, 5.41) is 11.9. The number of hydrogen-bond donors (Lipinski definition) is 1. The van der Waals surface area contributed by atoms with Crippen LogP contribution in [0.5, 0.6) is 0 Å². The van der Waals surface area contributed by atoms with E-state index in [1.807, 2.05) is 22.2 Å². The quantitative estimate of drug-likeness (QED) is 0.775. The highest BCUT2D eigenvalue weighted by Gasteiger charge is 2.12. The Bertz CT molecular complexity index is 556. The molecule has 3 rings (SSSR count). The molecule has 4 nitrogen and oxygen atoms in total. The van der Waals surface area contributed by atoms with E-state index in [1.165, 1.54) is 11.3 Å². The predicted octanol–water partition coefficient (Wildman–Crippen LogP) is 2.13. The second kappa shape index (κ2) is 3.97. The van der Waals surface area contributed by atoms with Gasteiger partial charge in [-0.05, 0) is 0 Å². The summed E-state index contributed by atoms with van der Waals surface area (Å²) in [6, 6.07) is 0. The average molecular weight is 251 g/mol. The van der Waals surface area contributed by atoms with Gasteiger partial charge >= 0.3 is 0 Å². The van der Waals surface area contributed by atoms with Crippen molar-refractivity contribution in [2.45, 2.75) is 12.5 Å². The third kappa shape index (κ3) is 1.75. The second-order valence-electron chi connectivity index (χ2n) is 3.45. The molecule has 3 aromatic heterocycles. The molecule has 3 heterocycles. The fraction of sp³-hybridized carbons (Fsp3) is 0.200. The van der Waals surface area contributed by atoms with Crippen LogP contribution in [0.25, 0.3) is 4.96 Å². The molecule has 0 saturated heterocycles. The van der Waals surface area contributed by atoms with Gasteiger partial charge in [0.15, 0.2) is 4.96 Å². The zero-order chi connectivity index (χ0) is 11.0. The fourth-order valence-corrected chi connectivity index (χ4v) is 2.89. The summed E-state index contributed by atoms with van der Waals surface area (Å²) < 4.78 is 1.97. The van der Waals surface area contributed by atoms with E-state index < -0.39 is 6.10 Å². The summed E-state index contributed by atoms with van der Waals surface area (Å²) in [4.78, 5) is 10.2. The Morgan fingerprint density at radius 3 is 3.12 bits per heavy atom. The Hall–Kier alpha value is -1.24. The molecule has 0 fully saturated rings. The van der Waals surface area contributed by atoms with Crippen LogP contribution in [-0.4, -0.2) is 19.5 Å². The number of rotatable bonds is 3. The van der Waals surface area contributed by atoms with E-state index in [2.05, 4.69) is 9.97 Å². The Labute approximate surface area is 99.9 Å². The van der Waals surface area contributed by atoms with E-state index in [-0.39, 0.29) is 0 Å². The molecular weight excluding hydrogens is 242 g/mol. The van der Waals surface area contributed by atoms with Crippen LogP contribution in [0.15, 0.2) is 29.5 Å². The van der Waals surface area contributed by atoms with Gasteiger partial charge in [0.25, 0.3) is 0 Å². The highest BCUT2D eigenvalue weighted by atomic mass is 32.1. The van der Waals surface area contributed by atoms with Gasteiger partial charge in [0.05, 0.1) is 22.2 Å². The van der Waals surface area contributed by atoms with E-state index >= 15 is 0 Å².